The van der Waals surface area contributed by atoms with Crippen molar-refractivity contribution in [2.24, 2.45) is 0 Å². The fourth-order valence-electron chi connectivity index (χ4n) is 7.29. The van der Waals surface area contributed by atoms with Gasteiger partial charge in [0, 0.05) is 50.1 Å². The van der Waals surface area contributed by atoms with Crippen LogP contribution in [0.2, 0.25) is 0 Å². The summed E-state index contributed by atoms with van der Waals surface area (Å²) in [7, 11) is 0. The van der Waals surface area contributed by atoms with Gasteiger partial charge >= 0.3 is 0 Å². The lowest BCUT2D eigenvalue weighted by Crippen LogP contribution is -2.09. The molecule has 0 saturated carbocycles. The quantitative estimate of drug-likeness (QED) is 0.201. The second kappa shape index (κ2) is 10.1. The highest BCUT2D eigenvalue weighted by molar-refractivity contribution is 6.17. The molecule has 0 aliphatic heterocycles. The summed E-state index contributed by atoms with van der Waals surface area (Å²) >= 11 is 0. The van der Waals surface area contributed by atoms with E-state index in [0.717, 1.165) is 71.9 Å². The van der Waals surface area contributed by atoms with Crippen molar-refractivity contribution in [3.05, 3.63) is 164 Å². The molecular weight excluding hydrogens is 574 g/mol. The Labute approximate surface area is 270 Å². The van der Waals surface area contributed by atoms with Gasteiger partial charge in [-0.3, -0.25) is 0 Å². The van der Waals surface area contributed by atoms with Crippen LogP contribution in [0.25, 0.3) is 76.5 Å². The number of nitrogens with zero attached hydrogens (tertiary/aromatic N) is 1. The molecule has 0 aliphatic carbocycles. The zero-order valence-corrected chi connectivity index (χ0v) is 25.4. The van der Waals surface area contributed by atoms with Gasteiger partial charge in [0.1, 0.15) is 22.3 Å². The second-order valence-electron chi connectivity index (χ2n) is 12.1. The van der Waals surface area contributed by atoms with Crippen LogP contribution in [-0.4, -0.2) is 0 Å². The molecule has 0 N–H and O–H groups in total. The van der Waals surface area contributed by atoms with Crippen LogP contribution >= 0.6 is 0 Å². The Kier molecular flexibility index (Phi) is 5.57. The van der Waals surface area contributed by atoms with Gasteiger partial charge in [0.15, 0.2) is 0 Å². The van der Waals surface area contributed by atoms with E-state index in [9.17, 15) is 0 Å². The van der Waals surface area contributed by atoms with E-state index in [1.165, 1.54) is 21.7 Å². The molecule has 3 nitrogen and oxygen atoms in total. The summed E-state index contributed by atoms with van der Waals surface area (Å²) in [5, 5.41) is 9.19. The highest BCUT2D eigenvalue weighted by Crippen LogP contribution is 2.44. The summed E-state index contributed by atoms with van der Waals surface area (Å²) in [4.78, 5) is 2.30. The Morgan fingerprint density at radius 2 is 1.02 bits per heavy atom. The summed E-state index contributed by atoms with van der Waals surface area (Å²) in [6.07, 6.45) is 0. The Bertz CT molecular complexity index is 2800. The lowest BCUT2D eigenvalue weighted by atomic mass is 9.94. The molecule has 0 atom stereocenters. The third kappa shape index (κ3) is 4.00. The number of benzene rings is 8. The predicted molar refractivity (Wildman–Crippen MR) is 196 cm³/mol. The second-order valence-corrected chi connectivity index (χ2v) is 12.1. The number of para-hydroxylation sites is 1. The van der Waals surface area contributed by atoms with E-state index < -0.39 is 0 Å². The van der Waals surface area contributed by atoms with Crippen LogP contribution in [0.15, 0.2) is 173 Å². The molecule has 0 spiro atoms. The first kappa shape index (κ1) is 26.0. The standard InChI is InChI=1S/C44H27NO2/c1-2-13-30(14-3-1)45(32-21-24-36-38-23-20-29-11-5-7-16-34(29)44(38)47-42(36)27-32)31-22-25-40-39(26-31)43-37(18-9-19-41(43)46-40)35-17-8-12-28-10-4-6-15-33(28)35/h1-27H. The van der Waals surface area contributed by atoms with Crippen LogP contribution in [0.5, 0.6) is 0 Å². The number of rotatable bonds is 4. The maximum atomic E-state index is 6.60. The number of anilines is 3. The molecule has 0 fully saturated rings. The first-order valence-electron chi connectivity index (χ1n) is 15.9. The van der Waals surface area contributed by atoms with Crippen molar-refractivity contribution in [2.75, 3.05) is 4.90 Å². The van der Waals surface area contributed by atoms with Crippen LogP contribution in [0.4, 0.5) is 17.1 Å². The molecule has 0 radical (unpaired) electrons. The minimum absolute atomic E-state index is 0.864. The van der Waals surface area contributed by atoms with E-state index in [0.29, 0.717) is 0 Å². The number of hydrogen-bond acceptors (Lipinski definition) is 3. The van der Waals surface area contributed by atoms with Gasteiger partial charge in [-0.1, -0.05) is 103 Å². The number of fused-ring (bicyclic) bond motifs is 9. The van der Waals surface area contributed by atoms with E-state index in [-0.39, 0.29) is 0 Å². The maximum absolute atomic E-state index is 6.60. The molecule has 0 saturated heterocycles. The fraction of sp³-hybridized carbons (Fsp3) is 0. The van der Waals surface area contributed by atoms with Crippen molar-refractivity contribution in [1.29, 1.82) is 0 Å². The van der Waals surface area contributed by atoms with Crippen molar-refractivity contribution in [1.82, 2.24) is 0 Å². The van der Waals surface area contributed by atoms with E-state index in [2.05, 4.69) is 169 Å². The van der Waals surface area contributed by atoms with Crippen molar-refractivity contribution in [3.63, 3.8) is 0 Å². The summed E-state index contributed by atoms with van der Waals surface area (Å²) in [5.74, 6) is 0. The van der Waals surface area contributed by atoms with Gasteiger partial charge < -0.3 is 13.7 Å². The summed E-state index contributed by atoms with van der Waals surface area (Å²) in [5.41, 5.74) is 9.02. The highest BCUT2D eigenvalue weighted by atomic mass is 16.3. The summed E-state index contributed by atoms with van der Waals surface area (Å²) < 4.78 is 13.1. The Balaban J connectivity index is 1.19. The van der Waals surface area contributed by atoms with Gasteiger partial charge in [0.25, 0.3) is 0 Å². The highest BCUT2D eigenvalue weighted by Gasteiger charge is 2.19. The average molecular weight is 602 g/mol. The first-order valence-corrected chi connectivity index (χ1v) is 15.9. The van der Waals surface area contributed by atoms with Gasteiger partial charge in [-0.25, -0.2) is 0 Å². The molecule has 10 rings (SSSR count). The monoisotopic (exact) mass is 601 g/mol. The Hall–Kier alpha value is -6.32. The molecule has 0 unspecified atom stereocenters. The molecule has 0 aliphatic rings. The summed E-state index contributed by atoms with van der Waals surface area (Å²) in [6.45, 7) is 0. The molecule has 8 aromatic carbocycles. The molecule has 0 amide bonds. The zero-order chi connectivity index (χ0) is 30.9. The van der Waals surface area contributed by atoms with E-state index >= 15 is 0 Å². The van der Waals surface area contributed by atoms with Crippen LogP contribution < -0.4 is 4.90 Å². The maximum Gasteiger partial charge on any atom is 0.143 e. The lowest BCUT2D eigenvalue weighted by Gasteiger charge is -2.25. The number of hydrogen-bond donors (Lipinski definition) is 0. The normalized spacial score (nSPS) is 11.8. The third-order valence-electron chi connectivity index (χ3n) is 9.44. The molecule has 2 heterocycles. The third-order valence-corrected chi connectivity index (χ3v) is 9.44. The van der Waals surface area contributed by atoms with E-state index in [4.69, 9.17) is 8.83 Å². The van der Waals surface area contributed by atoms with Crippen molar-refractivity contribution >= 4 is 82.5 Å². The lowest BCUT2D eigenvalue weighted by molar-refractivity contribution is 0.669. The van der Waals surface area contributed by atoms with Gasteiger partial charge in [0.2, 0.25) is 0 Å². The molecule has 0 bridgehead atoms. The summed E-state index contributed by atoms with van der Waals surface area (Å²) in [6, 6.07) is 57.8. The predicted octanol–water partition coefficient (Wildman–Crippen LogP) is 12.9. The van der Waals surface area contributed by atoms with E-state index in [1.54, 1.807) is 0 Å². The van der Waals surface area contributed by atoms with Crippen LogP contribution in [0, 0.1) is 0 Å². The van der Waals surface area contributed by atoms with Crippen molar-refractivity contribution < 1.29 is 8.83 Å². The Morgan fingerprint density at radius 1 is 0.340 bits per heavy atom. The SMILES string of the molecule is c1ccc(N(c2ccc3c(c2)oc2c4ccccc4ccc32)c2ccc3oc4cccc(-c5cccc6ccccc56)c4c3c2)cc1. The smallest absolute Gasteiger partial charge is 0.143 e. The molecular formula is C44H27NO2. The largest absolute Gasteiger partial charge is 0.456 e. The van der Waals surface area contributed by atoms with Gasteiger partial charge in [-0.05, 0) is 81.9 Å². The zero-order valence-electron chi connectivity index (χ0n) is 25.4. The Morgan fingerprint density at radius 3 is 1.91 bits per heavy atom. The molecule has 47 heavy (non-hydrogen) atoms. The minimum Gasteiger partial charge on any atom is -0.456 e. The first-order chi connectivity index (χ1) is 23.3. The average Bonchev–Trinajstić information content (AvgIpc) is 3.70. The van der Waals surface area contributed by atoms with Gasteiger partial charge in [-0.2, -0.15) is 0 Å². The fourth-order valence-corrected chi connectivity index (χ4v) is 7.29. The van der Waals surface area contributed by atoms with Crippen LogP contribution in [0.1, 0.15) is 0 Å². The molecule has 3 heteroatoms. The van der Waals surface area contributed by atoms with Gasteiger partial charge in [0.05, 0.1) is 0 Å². The van der Waals surface area contributed by atoms with Crippen molar-refractivity contribution in [2.45, 2.75) is 0 Å². The number of furan rings is 2. The van der Waals surface area contributed by atoms with E-state index in [1.807, 2.05) is 0 Å². The topological polar surface area (TPSA) is 29.5 Å². The van der Waals surface area contributed by atoms with Gasteiger partial charge in [-0.15, -0.1) is 0 Å². The minimum atomic E-state index is 0.864. The van der Waals surface area contributed by atoms with Crippen LogP contribution in [-0.2, 0) is 0 Å². The molecule has 2 aromatic heterocycles. The van der Waals surface area contributed by atoms with Crippen molar-refractivity contribution in [3.8, 4) is 11.1 Å². The van der Waals surface area contributed by atoms with Crippen LogP contribution in [0.3, 0.4) is 0 Å². The molecule has 10 aromatic rings. The molecule has 220 valence electrons.